The summed E-state index contributed by atoms with van der Waals surface area (Å²) >= 11 is 0. The fourth-order valence-corrected chi connectivity index (χ4v) is 7.81. The maximum atomic E-state index is 13.1. The first-order valence-corrected chi connectivity index (χ1v) is 12.0. The zero-order valence-corrected chi connectivity index (χ0v) is 15.7. The summed E-state index contributed by atoms with van der Waals surface area (Å²) in [6, 6.07) is 0. The highest BCUT2D eigenvalue weighted by Crippen LogP contribution is 2.62. The Balaban J connectivity index is 1.89. The van der Waals surface area contributed by atoms with Gasteiger partial charge in [-0.1, -0.05) is 26.7 Å². The second kappa shape index (κ2) is 8.41. The van der Waals surface area contributed by atoms with Crippen LogP contribution in [0.4, 0.5) is 0 Å². The van der Waals surface area contributed by atoms with Crippen LogP contribution >= 0.6 is 15.0 Å². The van der Waals surface area contributed by atoms with Crippen LogP contribution in [0.15, 0.2) is 0 Å². The molecule has 0 aromatic carbocycles. The van der Waals surface area contributed by atoms with E-state index in [0.29, 0.717) is 19.4 Å². The van der Waals surface area contributed by atoms with E-state index in [1.54, 1.807) is 0 Å². The van der Waals surface area contributed by atoms with Crippen molar-refractivity contribution in [2.75, 3.05) is 51.7 Å². The van der Waals surface area contributed by atoms with Gasteiger partial charge in [-0.15, -0.1) is 0 Å². The molecule has 0 aliphatic carbocycles. The molecular formula is C14H30N2O4P2. The summed E-state index contributed by atoms with van der Waals surface area (Å²) in [4.78, 5) is 0. The molecule has 0 atom stereocenters. The third kappa shape index (κ3) is 5.43. The van der Waals surface area contributed by atoms with Crippen molar-refractivity contribution in [3.63, 3.8) is 0 Å². The Kier molecular flexibility index (Phi) is 7.13. The maximum absolute atomic E-state index is 13.1. The molecule has 2 aliphatic rings. The van der Waals surface area contributed by atoms with Crippen molar-refractivity contribution in [2.24, 2.45) is 0 Å². The van der Waals surface area contributed by atoms with E-state index in [1.807, 2.05) is 9.34 Å². The van der Waals surface area contributed by atoms with Gasteiger partial charge in [-0.3, -0.25) is 9.13 Å². The Bertz CT molecular complexity index is 409. The number of rotatable bonds is 13. The molecule has 0 spiro atoms. The zero-order chi connectivity index (χ0) is 16.1. The zero-order valence-electron chi connectivity index (χ0n) is 13.9. The monoisotopic (exact) mass is 352 g/mol. The highest BCUT2D eigenvalue weighted by Gasteiger charge is 2.48. The van der Waals surface area contributed by atoms with Gasteiger partial charge in [0.1, 0.15) is 0 Å². The molecule has 2 rings (SSSR count). The van der Waals surface area contributed by atoms with Crippen LogP contribution in [0, 0.1) is 0 Å². The number of hydrogen-bond acceptors (Lipinski definition) is 4. The van der Waals surface area contributed by atoms with Crippen LogP contribution in [0.5, 0.6) is 0 Å². The molecule has 22 heavy (non-hydrogen) atoms. The summed E-state index contributed by atoms with van der Waals surface area (Å²) in [5.74, 6) is 0. The lowest BCUT2D eigenvalue weighted by molar-refractivity contribution is 0.201. The first-order chi connectivity index (χ1) is 10.5. The third-order valence-electron chi connectivity index (χ3n) is 3.97. The maximum Gasteiger partial charge on any atom is 0.331 e. The van der Waals surface area contributed by atoms with Gasteiger partial charge >= 0.3 is 7.60 Å². The van der Waals surface area contributed by atoms with Gasteiger partial charge in [-0.25, -0.2) is 9.34 Å². The van der Waals surface area contributed by atoms with Gasteiger partial charge in [0, 0.05) is 32.3 Å². The van der Waals surface area contributed by atoms with Gasteiger partial charge in [0.15, 0.2) is 0 Å². The molecule has 8 heteroatoms. The highest BCUT2D eigenvalue weighted by molar-refractivity contribution is 7.61. The number of hydrogen-bond donors (Lipinski definition) is 0. The molecule has 0 aromatic rings. The Morgan fingerprint density at radius 3 is 1.64 bits per heavy atom. The Hall–Kier alpha value is 0.300. The lowest BCUT2D eigenvalue weighted by Gasteiger charge is -2.23. The van der Waals surface area contributed by atoms with E-state index in [-0.39, 0.29) is 6.16 Å². The van der Waals surface area contributed by atoms with E-state index in [9.17, 15) is 9.13 Å². The van der Waals surface area contributed by atoms with Crippen molar-refractivity contribution in [2.45, 2.75) is 39.5 Å². The first kappa shape index (κ1) is 18.6. The smallest absolute Gasteiger partial charge is 0.309 e. The second-order valence-corrected chi connectivity index (χ2v) is 11.1. The molecular weight excluding hydrogens is 322 g/mol. The second-order valence-electron chi connectivity index (χ2n) is 6.00. The minimum atomic E-state index is -3.12. The van der Waals surface area contributed by atoms with E-state index >= 15 is 0 Å². The van der Waals surface area contributed by atoms with E-state index in [2.05, 4.69) is 13.8 Å². The molecule has 0 aromatic heterocycles. The summed E-state index contributed by atoms with van der Waals surface area (Å²) in [5.41, 5.74) is 0. The van der Waals surface area contributed by atoms with Gasteiger partial charge < -0.3 is 9.05 Å². The van der Waals surface area contributed by atoms with Crippen LogP contribution in [-0.2, 0) is 18.2 Å². The molecule has 0 unspecified atom stereocenters. The Labute approximate surface area is 134 Å². The van der Waals surface area contributed by atoms with Crippen molar-refractivity contribution in [1.82, 2.24) is 9.34 Å². The van der Waals surface area contributed by atoms with E-state index in [4.69, 9.17) is 9.05 Å². The van der Waals surface area contributed by atoms with E-state index in [0.717, 1.165) is 51.9 Å². The van der Waals surface area contributed by atoms with Crippen LogP contribution in [-0.4, -0.2) is 61.1 Å². The van der Waals surface area contributed by atoms with Crippen molar-refractivity contribution >= 4 is 15.0 Å². The summed E-state index contributed by atoms with van der Waals surface area (Å²) in [6.07, 6.45) is 4.42. The normalized spacial score (nSPS) is 19.5. The quantitative estimate of drug-likeness (QED) is 0.287. The minimum absolute atomic E-state index is 0.269. The van der Waals surface area contributed by atoms with E-state index < -0.39 is 15.0 Å². The summed E-state index contributed by atoms with van der Waals surface area (Å²) in [6.45, 7) is 8.63. The molecule has 0 bridgehead atoms. The van der Waals surface area contributed by atoms with Crippen molar-refractivity contribution < 1.29 is 18.2 Å². The molecule has 0 saturated carbocycles. The van der Waals surface area contributed by atoms with Gasteiger partial charge in [-0.2, -0.15) is 0 Å². The largest absolute Gasteiger partial charge is 0.331 e. The van der Waals surface area contributed by atoms with Crippen LogP contribution in [0.25, 0.3) is 0 Å². The van der Waals surface area contributed by atoms with Gasteiger partial charge in [0.05, 0.1) is 19.4 Å². The van der Waals surface area contributed by atoms with Crippen LogP contribution in [0.2, 0.25) is 0 Å². The standard InChI is InChI=1S/C14H30N2O4P2/c1-3-5-11-19-22(18,20-12-6-4-2)14-13-21(17,15-7-8-15)16-9-10-16/h3-14H2,1-2H3. The van der Waals surface area contributed by atoms with Gasteiger partial charge in [0.2, 0.25) is 7.44 Å². The molecule has 0 N–H and O–H groups in total. The fraction of sp³-hybridized carbons (Fsp3) is 1.00. The van der Waals surface area contributed by atoms with Crippen LogP contribution < -0.4 is 0 Å². The molecule has 0 radical (unpaired) electrons. The summed E-state index contributed by atoms with van der Waals surface area (Å²) in [7, 11) is -5.61. The lowest BCUT2D eigenvalue weighted by Crippen LogP contribution is -2.13. The third-order valence-corrected chi connectivity index (χ3v) is 9.62. The molecule has 2 aliphatic heterocycles. The van der Waals surface area contributed by atoms with Crippen LogP contribution in [0.3, 0.4) is 0 Å². The summed E-state index contributed by atoms with van der Waals surface area (Å²) in [5, 5.41) is 0. The van der Waals surface area contributed by atoms with E-state index in [1.165, 1.54) is 0 Å². The lowest BCUT2D eigenvalue weighted by atomic mass is 10.4. The molecule has 0 amide bonds. The van der Waals surface area contributed by atoms with Crippen molar-refractivity contribution in [1.29, 1.82) is 0 Å². The molecule has 2 saturated heterocycles. The molecule has 2 heterocycles. The molecule has 6 nitrogen and oxygen atoms in total. The predicted molar refractivity (Wildman–Crippen MR) is 89.8 cm³/mol. The van der Waals surface area contributed by atoms with Gasteiger partial charge in [-0.05, 0) is 12.8 Å². The first-order valence-electron chi connectivity index (χ1n) is 8.52. The Morgan fingerprint density at radius 2 is 1.27 bits per heavy atom. The molecule has 2 fully saturated rings. The minimum Gasteiger partial charge on any atom is -0.309 e. The number of nitrogens with zero attached hydrogens (tertiary/aromatic N) is 2. The van der Waals surface area contributed by atoms with Crippen molar-refractivity contribution in [3.8, 4) is 0 Å². The summed E-state index contributed by atoms with van der Waals surface area (Å²) < 4.78 is 41.2. The SMILES string of the molecule is CCCCOP(=O)(CCP(=O)(N1CC1)N1CC1)OCCCC. The fourth-order valence-electron chi connectivity index (χ4n) is 2.29. The van der Waals surface area contributed by atoms with Gasteiger partial charge in [0.25, 0.3) is 0 Å². The van der Waals surface area contributed by atoms with Crippen molar-refractivity contribution in [3.05, 3.63) is 0 Å². The predicted octanol–water partition coefficient (Wildman–Crippen LogP) is 3.64. The number of unbranched alkanes of at least 4 members (excludes halogenated alkanes) is 2. The average Bonchev–Trinajstić information content (AvgIpc) is 3.37. The topological polar surface area (TPSA) is 58.6 Å². The average molecular weight is 352 g/mol. The Morgan fingerprint density at radius 1 is 0.818 bits per heavy atom. The molecule has 130 valence electrons. The van der Waals surface area contributed by atoms with Crippen LogP contribution in [0.1, 0.15) is 39.5 Å². The highest BCUT2D eigenvalue weighted by atomic mass is 31.2.